The van der Waals surface area contributed by atoms with Gasteiger partial charge in [0.05, 0.1) is 0 Å². The number of hydrogen-bond acceptors (Lipinski definition) is 2. The van der Waals surface area contributed by atoms with Crippen molar-refractivity contribution < 1.29 is 0 Å². The molecule has 0 rings (SSSR count). The van der Waals surface area contributed by atoms with Crippen LogP contribution < -0.4 is 5.43 Å². The van der Waals surface area contributed by atoms with Crippen molar-refractivity contribution in [1.82, 2.24) is 10.4 Å². The molecule has 0 amide bonds. The van der Waals surface area contributed by atoms with Crippen LogP contribution >= 0.6 is 0 Å². The Kier molecular flexibility index (Phi) is 3.09. The summed E-state index contributed by atoms with van der Waals surface area (Å²) in [6.45, 7) is 13.0. The molecule has 0 saturated heterocycles. The summed E-state index contributed by atoms with van der Waals surface area (Å²) in [4.78, 5) is 0. The monoisotopic (exact) mass is 157 g/mol. The summed E-state index contributed by atoms with van der Waals surface area (Å²) in [6, 6.07) is 0. The molecular formula is C9H21N2. The fraction of sp³-hybridized carbons (Fsp3) is 0.889. The number of rotatable bonds is 1. The number of nitrogens with zero attached hydrogens (tertiary/aromatic N) is 1. The molecule has 0 aromatic heterocycles. The Morgan fingerprint density at radius 1 is 0.909 bits per heavy atom. The zero-order valence-corrected chi connectivity index (χ0v) is 8.65. The first-order valence-corrected chi connectivity index (χ1v) is 4.02. The predicted octanol–water partition coefficient (Wildman–Crippen LogP) is 2.18. The SMILES string of the molecule is [CH2]NN(C(C)(C)C)C(C)(C)C. The van der Waals surface area contributed by atoms with E-state index in [-0.39, 0.29) is 11.1 Å². The van der Waals surface area contributed by atoms with E-state index in [1.807, 2.05) is 0 Å². The molecule has 11 heavy (non-hydrogen) atoms. The van der Waals surface area contributed by atoms with Gasteiger partial charge in [-0.2, -0.15) is 0 Å². The summed E-state index contributed by atoms with van der Waals surface area (Å²) in [7, 11) is 3.69. The molecular weight excluding hydrogens is 136 g/mol. The first-order chi connectivity index (χ1) is 4.69. The lowest BCUT2D eigenvalue weighted by molar-refractivity contribution is 0.000663. The summed E-state index contributed by atoms with van der Waals surface area (Å²) in [6.07, 6.45) is 0. The first-order valence-electron chi connectivity index (χ1n) is 4.02. The molecule has 0 heterocycles. The van der Waals surface area contributed by atoms with Crippen molar-refractivity contribution in [3.05, 3.63) is 7.05 Å². The van der Waals surface area contributed by atoms with Gasteiger partial charge in [-0.05, 0) is 41.5 Å². The molecule has 0 aromatic rings. The van der Waals surface area contributed by atoms with Gasteiger partial charge in [-0.25, -0.2) is 5.01 Å². The molecule has 0 aliphatic heterocycles. The van der Waals surface area contributed by atoms with E-state index < -0.39 is 0 Å². The quantitative estimate of drug-likeness (QED) is 0.587. The van der Waals surface area contributed by atoms with Gasteiger partial charge in [-0.1, -0.05) is 0 Å². The number of nitrogens with one attached hydrogen (secondary N) is 1. The van der Waals surface area contributed by atoms with Crippen LogP contribution in [-0.4, -0.2) is 16.1 Å². The maximum atomic E-state index is 3.69. The van der Waals surface area contributed by atoms with Crippen LogP contribution in [0.2, 0.25) is 0 Å². The van der Waals surface area contributed by atoms with E-state index in [2.05, 4.69) is 59.0 Å². The van der Waals surface area contributed by atoms with Crippen molar-refractivity contribution in [2.45, 2.75) is 52.6 Å². The fourth-order valence-electron chi connectivity index (χ4n) is 1.48. The summed E-state index contributed by atoms with van der Waals surface area (Å²) >= 11 is 0. The highest BCUT2D eigenvalue weighted by Crippen LogP contribution is 2.21. The van der Waals surface area contributed by atoms with Crippen LogP contribution in [-0.2, 0) is 0 Å². The van der Waals surface area contributed by atoms with Gasteiger partial charge in [0.1, 0.15) is 0 Å². The Morgan fingerprint density at radius 2 is 1.18 bits per heavy atom. The lowest BCUT2D eigenvalue weighted by Crippen LogP contribution is -2.57. The van der Waals surface area contributed by atoms with Crippen LogP contribution in [0.15, 0.2) is 0 Å². The third-order valence-corrected chi connectivity index (χ3v) is 1.50. The Balaban J connectivity index is 4.43. The van der Waals surface area contributed by atoms with Crippen LogP contribution in [0, 0.1) is 7.05 Å². The van der Waals surface area contributed by atoms with E-state index in [0.29, 0.717) is 0 Å². The fourth-order valence-corrected chi connectivity index (χ4v) is 1.48. The van der Waals surface area contributed by atoms with Crippen LogP contribution in [0.4, 0.5) is 0 Å². The average molecular weight is 157 g/mol. The third-order valence-electron chi connectivity index (χ3n) is 1.50. The molecule has 0 saturated carbocycles. The highest BCUT2D eigenvalue weighted by molar-refractivity contribution is 4.83. The lowest BCUT2D eigenvalue weighted by Gasteiger charge is -2.44. The minimum Gasteiger partial charge on any atom is -0.253 e. The second kappa shape index (κ2) is 3.11. The molecule has 0 aliphatic carbocycles. The van der Waals surface area contributed by atoms with Crippen molar-refractivity contribution in [2.24, 2.45) is 0 Å². The lowest BCUT2D eigenvalue weighted by atomic mass is 9.99. The third kappa shape index (κ3) is 3.21. The normalized spacial score (nSPS) is 14.2. The summed E-state index contributed by atoms with van der Waals surface area (Å²) in [5.74, 6) is 0. The van der Waals surface area contributed by atoms with Gasteiger partial charge >= 0.3 is 0 Å². The maximum Gasteiger partial charge on any atom is 0.0275 e. The Hall–Kier alpha value is -0.0800. The van der Waals surface area contributed by atoms with Crippen molar-refractivity contribution in [3.63, 3.8) is 0 Å². The molecule has 0 aliphatic rings. The second-order valence-corrected chi connectivity index (χ2v) is 4.84. The number of hydrazine groups is 1. The standard InChI is InChI=1S/C9H21N2/c1-8(2,3)11(10-7)9(4,5)6/h10H,7H2,1-6H3. The van der Waals surface area contributed by atoms with Crippen LogP contribution in [0.3, 0.4) is 0 Å². The summed E-state index contributed by atoms with van der Waals surface area (Å²) in [5, 5.41) is 2.14. The van der Waals surface area contributed by atoms with Gasteiger partial charge < -0.3 is 0 Å². The molecule has 1 radical (unpaired) electrons. The zero-order chi connectivity index (χ0) is 9.28. The van der Waals surface area contributed by atoms with Crippen molar-refractivity contribution in [2.75, 3.05) is 0 Å². The second-order valence-electron chi connectivity index (χ2n) is 4.84. The van der Waals surface area contributed by atoms with Gasteiger partial charge in [0, 0.05) is 18.1 Å². The van der Waals surface area contributed by atoms with Crippen molar-refractivity contribution in [1.29, 1.82) is 0 Å². The molecule has 0 atom stereocenters. The average Bonchev–Trinajstić information content (AvgIpc) is 1.56. The summed E-state index contributed by atoms with van der Waals surface area (Å²) in [5.41, 5.74) is 3.19. The Bertz CT molecular complexity index is 103. The zero-order valence-electron chi connectivity index (χ0n) is 8.65. The molecule has 1 N–H and O–H groups in total. The van der Waals surface area contributed by atoms with Gasteiger partial charge in [-0.15, -0.1) is 0 Å². The van der Waals surface area contributed by atoms with Gasteiger partial charge in [0.25, 0.3) is 0 Å². The molecule has 2 nitrogen and oxygen atoms in total. The van der Waals surface area contributed by atoms with Gasteiger partial charge in [0.2, 0.25) is 0 Å². The molecule has 0 bridgehead atoms. The smallest absolute Gasteiger partial charge is 0.0275 e. The Morgan fingerprint density at radius 3 is 1.18 bits per heavy atom. The number of hydrogen-bond donors (Lipinski definition) is 1. The maximum absolute atomic E-state index is 3.69. The summed E-state index contributed by atoms with van der Waals surface area (Å²) < 4.78 is 0. The van der Waals surface area contributed by atoms with E-state index >= 15 is 0 Å². The van der Waals surface area contributed by atoms with Crippen LogP contribution in [0.5, 0.6) is 0 Å². The first kappa shape index (κ1) is 10.9. The molecule has 0 unspecified atom stereocenters. The molecule has 67 valence electrons. The van der Waals surface area contributed by atoms with E-state index in [1.165, 1.54) is 0 Å². The van der Waals surface area contributed by atoms with Gasteiger partial charge in [-0.3, -0.25) is 5.43 Å². The van der Waals surface area contributed by atoms with E-state index in [1.54, 1.807) is 0 Å². The van der Waals surface area contributed by atoms with Crippen LogP contribution in [0.25, 0.3) is 0 Å². The molecule has 2 heteroatoms. The van der Waals surface area contributed by atoms with E-state index in [4.69, 9.17) is 0 Å². The molecule has 0 aromatic carbocycles. The topological polar surface area (TPSA) is 15.3 Å². The highest BCUT2D eigenvalue weighted by Gasteiger charge is 2.29. The molecule has 0 spiro atoms. The predicted molar refractivity (Wildman–Crippen MR) is 49.8 cm³/mol. The highest BCUT2D eigenvalue weighted by atomic mass is 15.5. The molecule has 0 fully saturated rings. The van der Waals surface area contributed by atoms with Crippen LogP contribution in [0.1, 0.15) is 41.5 Å². The van der Waals surface area contributed by atoms with E-state index in [9.17, 15) is 0 Å². The largest absolute Gasteiger partial charge is 0.253 e. The van der Waals surface area contributed by atoms with Crippen molar-refractivity contribution >= 4 is 0 Å². The van der Waals surface area contributed by atoms with Crippen molar-refractivity contribution in [3.8, 4) is 0 Å². The minimum absolute atomic E-state index is 0.111. The van der Waals surface area contributed by atoms with Gasteiger partial charge in [0.15, 0.2) is 0 Å². The Labute approximate surface area is 70.9 Å². The van der Waals surface area contributed by atoms with E-state index in [0.717, 1.165) is 0 Å². The minimum atomic E-state index is 0.111.